The highest BCUT2D eigenvalue weighted by molar-refractivity contribution is 6.33. The number of amides is 1. The number of nitriles is 1. The number of carbonyl (C=O) groups is 2. The molecule has 0 spiro atoms. The Morgan fingerprint density at radius 2 is 2.30 bits per heavy atom. The van der Waals surface area contributed by atoms with Gasteiger partial charge in [-0.1, -0.05) is 11.6 Å². The van der Waals surface area contributed by atoms with Crippen LogP contribution >= 0.6 is 11.6 Å². The van der Waals surface area contributed by atoms with Crippen LogP contribution in [0, 0.1) is 18.3 Å². The van der Waals surface area contributed by atoms with Gasteiger partial charge in [0, 0.05) is 0 Å². The Kier molecular flexibility index (Phi) is 3.81. The molecule has 1 atom stereocenters. The fourth-order valence-electron chi connectivity index (χ4n) is 2.02. The van der Waals surface area contributed by atoms with Gasteiger partial charge in [0.05, 0.1) is 23.4 Å². The monoisotopic (exact) mass is 294 g/mol. The van der Waals surface area contributed by atoms with E-state index >= 15 is 0 Å². The number of hydrogen-bond donors (Lipinski definition) is 0. The number of carbonyl (C=O) groups excluding carboxylic acids is 2. The summed E-state index contributed by atoms with van der Waals surface area (Å²) in [5.41, 5.74) is 1.25. The predicted molar refractivity (Wildman–Crippen MR) is 70.5 cm³/mol. The van der Waals surface area contributed by atoms with E-state index in [2.05, 4.69) is 4.74 Å². The third-order valence-corrected chi connectivity index (χ3v) is 3.57. The minimum Gasteiger partial charge on any atom is -0.467 e. The Morgan fingerprint density at radius 1 is 1.60 bits per heavy atom. The van der Waals surface area contributed by atoms with E-state index in [1.807, 2.05) is 6.07 Å². The average Bonchev–Trinajstić information content (AvgIpc) is 2.83. The summed E-state index contributed by atoms with van der Waals surface area (Å²) in [6.07, 6.45) is -0.649. The number of benzene rings is 1. The number of anilines is 1. The minimum absolute atomic E-state index is 0.0808. The van der Waals surface area contributed by atoms with Crippen LogP contribution in [0.5, 0.6) is 0 Å². The molecule has 20 heavy (non-hydrogen) atoms. The van der Waals surface area contributed by atoms with Crippen molar-refractivity contribution in [1.29, 1.82) is 5.26 Å². The van der Waals surface area contributed by atoms with Crippen molar-refractivity contribution < 1.29 is 19.1 Å². The highest BCUT2D eigenvalue weighted by Gasteiger charge is 2.40. The number of halogens is 1. The van der Waals surface area contributed by atoms with Crippen molar-refractivity contribution in [3.63, 3.8) is 0 Å². The van der Waals surface area contributed by atoms with Crippen molar-refractivity contribution in [3.05, 3.63) is 28.3 Å². The molecule has 2 rings (SSSR count). The van der Waals surface area contributed by atoms with E-state index in [1.165, 1.54) is 18.1 Å². The van der Waals surface area contributed by atoms with E-state index in [-0.39, 0.29) is 11.6 Å². The molecule has 7 heteroatoms. The van der Waals surface area contributed by atoms with Crippen molar-refractivity contribution in [2.75, 3.05) is 18.6 Å². The van der Waals surface area contributed by atoms with Gasteiger partial charge in [-0.25, -0.2) is 9.59 Å². The van der Waals surface area contributed by atoms with Gasteiger partial charge in [0.15, 0.2) is 6.04 Å². The van der Waals surface area contributed by atoms with Crippen LogP contribution in [0.15, 0.2) is 12.1 Å². The molecule has 1 saturated heterocycles. The Bertz CT molecular complexity index is 624. The molecule has 1 unspecified atom stereocenters. The zero-order valence-electron chi connectivity index (χ0n) is 10.8. The quantitative estimate of drug-likeness (QED) is 0.780. The third-order valence-electron chi connectivity index (χ3n) is 3.08. The molecule has 1 amide bonds. The molecule has 0 bridgehead atoms. The number of hydrogen-bond acceptors (Lipinski definition) is 5. The van der Waals surface area contributed by atoms with Crippen LogP contribution in [0.1, 0.15) is 11.1 Å². The van der Waals surface area contributed by atoms with Crippen LogP contribution in [0.4, 0.5) is 10.5 Å². The first-order valence-electron chi connectivity index (χ1n) is 5.74. The summed E-state index contributed by atoms with van der Waals surface area (Å²) in [7, 11) is 1.24. The largest absolute Gasteiger partial charge is 0.467 e. The fourth-order valence-corrected chi connectivity index (χ4v) is 2.22. The van der Waals surface area contributed by atoms with Gasteiger partial charge >= 0.3 is 12.1 Å². The molecule has 1 aliphatic rings. The van der Waals surface area contributed by atoms with Gasteiger partial charge in [0.2, 0.25) is 0 Å². The lowest BCUT2D eigenvalue weighted by atomic mass is 10.1. The summed E-state index contributed by atoms with van der Waals surface area (Å²) in [4.78, 5) is 24.7. The third kappa shape index (κ3) is 2.17. The Labute approximate surface area is 120 Å². The van der Waals surface area contributed by atoms with Crippen molar-refractivity contribution in [3.8, 4) is 6.07 Å². The number of ether oxygens (including phenoxy) is 2. The van der Waals surface area contributed by atoms with Gasteiger partial charge in [-0.05, 0) is 24.6 Å². The molecule has 1 aromatic carbocycles. The van der Waals surface area contributed by atoms with Crippen LogP contribution in [0.2, 0.25) is 5.02 Å². The summed E-state index contributed by atoms with van der Waals surface area (Å²) in [6.45, 7) is 1.58. The van der Waals surface area contributed by atoms with E-state index < -0.39 is 18.1 Å². The molecular formula is C13H11ClN2O4. The molecule has 6 nitrogen and oxygen atoms in total. The maximum Gasteiger partial charge on any atom is 0.415 e. The van der Waals surface area contributed by atoms with Gasteiger partial charge in [-0.2, -0.15) is 5.26 Å². The van der Waals surface area contributed by atoms with Crippen molar-refractivity contribution >= 4 is 29.4 Å². The van der Waals surface area contributed by atoms with Crippen LogP contribution < -0.4 is 4.90 Å². The zero-order valence-corrected chi connectivity index (χ0v) is 11.6. The molecule has 1 aliphatic heterocycles. The molecule has 1 aromatic rings. The number of rotatable bonds is 2. The van der Waals surface area contributed by atoms with E-state index in [1.54, 1.807) is 13.0 Å². The molecule has 0 aromatic heterocycles. The first-order valence-corrected chi connectivity index (χ1v) is 6.12. The molecule has 0 N–H and O–H groups in total. The lowest BCUT2D eigenvalue weighted by molar-refractivity contribution is -0.142. The standard InChI is InChI=1S/C13H11ClN2O4/c1-7-9(4-3-8(5-15)11(7)14)16-10(12(17)19-2)6-20-13(16)18/h3-4,10H,6H2,1-2H3. The second-order valence-corrected chi connectivity index (χ2v) is 4.55. The molecule has 0 radical (unpaired) electrons. The average molecular weight is 295 g/mol. The SMILES string of the molecule is COC(=O)C1COC(=O)N1c1ccc(C#N)c(Cl)c1C. The number of cyclic esters (lactones) is 1. The number of esters is 1. The summed E-state index contributed by atoms with van der Waals surface area (Å²) >= 11 is 6.07. The molecule has 0 aliphatic carbocycles. The summed E-state index contributed by atoms with van der Waals surface area (Å²) < 4.78 is 9.54. The lowest BCUT2D eigenvalue weighted by Gasteiger charge is -2.22. The molecular weight excluding hydrogens is 284 g/mol. The van der Waals surface area contributed by atoms with Gasteiger partial charge in [0.1, 0.15) is 12.7 Å². The maximum absolute atomic E-state index is 11.8. The minimum atomic E-state index is -0.852. The fraction of sp³-hybridized carbons (Fsp3) is 0.308. The topological polar surface area (TPSA) is 79.6 Å². The summed E-state index contributed by atoms with van der Waals surface area (Å²) in [5, 5.41) is 9.16. The smallest absolute Gasteiger partial charge is 0.415 e. The highest BCUT2D eigenvalue weighted by Crippen LogP contribution is 2.33. The molecule has 104 valence electrons. The highest BCUT2D eigenvalue weighted by atomic mass is 35.5. The van der Waals surface area contributed by atoms with Crippen molar-refractivity contribution in [2.45, 2.75) is 13.0 Å². The molecule has 0 saturated carbocycles. The van der Waals surface area contributed by atoms with Crippen molar-refractivity contribution in [2.24, 2.45) is 0 Å². The Morgan fingerprint density at radius 3 is 2.90 bits per heavy atom. The summed E-state index contributed by atoms with van der Waals surface area (Å²) in [6, 6.07) is 4.15. The molecule has 1 heterocycles. The normalized spacial score (nSPS) is 17.6. The van der Waals surface area contributed by atoms with Gasteiger partial charge in [-0.3, -0.25) is 4.90 Å². The first kappa shape index (κ1) is 14.2. The van der Waals surface area contributed by atoms with Gasteiger partial charge in [-0.15, -0.1) is 0 Å². The van der Waals surface area contributed by atoms with E-state index in [0.29, 0.717) is 16.8 Å². The van der Waals surface area contributed by atoms with Crippen LogP contribution in [0.25, 0.3) is 0 Å². The second-order valence-electron chi connectivity index (χ2n) is 4.17. The van der Waals surface area contributed by atoms with E-state index in [9.17, 15) is 9.59 Å². The number of nitrogens with zero attached hydrogens (tertiary/aromatic N) is 2. The van der Waals surface area contributed by atoms with E-state index in [0.717, 1.165) is 0 Å². The van der Waals surface area contributed by atoms with Crippen LogP contribution in [0.3, 0.4) is 0 Å². The van der Waals surface area contributed by atoms with Gasteiger partial charge in [0.25, 0.3) is 0 Å². The summed E-state index contributed by atoms with van der Waals surface area (Å²) in [5.74, 6) is -0.573. The Balaban J connectivity index is 2.49. The van der Waals surface area contributed by atoms with E-state index in [4.69, 9.17) is 21.6 Å². The second kappa shape index (κ2) is 5.39. The van der Waals surface area contributed by atoms with Crippen LogP contribution in [-0.2, 0) is 14.3 Å². The molecule has 1 fully saturated rings. The zero-order chi connectivity index (χ0) is 14.9. The lowest BCUT2D eigenvalue weighted by Crippen LogP contribution is -2.40. The maximum atomic E-state index is 11.8. The van der Waals surface area contributed by atoms with Crippen LogP contribution in [-0.4, -0.2) is 31.8 Å². The predicted octanol–water partition coefficient (Wildman–Crippen LogP) is 2.02. The van der Waals surface area contributed by atoms with Crippen molar-refractivity contribution in [1.82, 2.24) is 0 Å². The Hall–Kier alpha value is -2.26. The van der Waals surface area contributed by atoms with Gasteiger partial charge < -0.3 is 9.47 Å². The number of methoxy groups -OCH3 is 1. The first-order chi connectivity index (χ1) is 9.51.